The van der Waals surface area contributed by atoms with Crippen LogP contribution in [0.25, 0.3) is 0 Å². The number of hydrogen-bond acceptors (Lipinski definition) is 1. The molecule has 2 rings (SSSR count). The van der Waals surface area contributed by atoms with Crippen LogP contribution in [0.2, 0.25) is 0 Å². The summed E-state index contributed by atoms with van der Waals surface area (Å²) in [6.45, 7) is 2.37. The van der Waals surface area contributed by atoms with Gasteiger partial charge < -0.3 is 0 Å². The number of amidine groups is 1. The van der Waals surface area contributed by atoms with E-state index in [1.54, 1.807) is 0 Å². The molecule has 0 N–H and O–H groups in total. The largest absolute Gasteiger partial charge is 0.239 e. The molecule has 1 aliphatic carbocycles. The molecule has 0 bridgehead atoms. The molecule has 0 amide bonds. The van der Waals surface area contributed by atoms with E-state index in [-0.39, 0.29) is 5.41 Å². The van der Waals surface area contributed by atoms with Crippen LogP contribution >= 0.6 is 0 Å². The smallest absolute Gasteiger partial charge is 0.134 e. The molecule has 0 aromatic carbocycles. The minimum atomic E-state index is 0.225. The van der Waals surface area contributed by atoms with Crippen molar-refractivity contribution in [1.29, 1.82) is 0 Å². The summed E-state index contributed by atoms with van der Waals surface area (Å²) < 4.78 is 0. The Morgan fingerprint density at radius 3 is 1.72 bits per heavy atom. The molecule has 1 saturated carbocycles. The Hall–Kier alpha value is -0.790. The Kier molecular flexibility index (Phi) is 5.27. The van der Waals surface area contributed by atoms with Gasteiger partial charge in [0, 0.05) is 17.8 Å². The Balaban J connectivity index is 1.92. The lowest BCUT2D eigenvalue weighted by molar-refractivity contribution is 0.345. The second-order valence-electron chi connectivity index (χ2n) is 6.12. The third-order valence-corrected chi connectivity index (χ3v) is 4.46. The van der Waals surface area contributed by atoms with Crippen molar-refractivity contribution in [2.45, 2.75) is 77.6 Å². The fourth-order valence-electron chi connectivity index (χ4n) is 3.17. The molecule has 1 heterocycles. The van der Waals surface area contributed by atoms with Crippen LogP contribution in [0.1, 0.15) is 77.6 Å². The molecule has 1 aliphatic heterocycles. The summed E-state index contributed by atoms with van der Waals surface area (Å²) in [6.07, 6.45) is 18.8. The first-order valence-corrected chi connectivity index (χ1v) is 7.75. The van der Waals surface area contributed by atoms with Crippen molar-refractivity contribution in [3.63, 3.8) is 0 Å². The third kappa shape index (κ3) is 3.86. The molecule has 2 aliphatic rings. The summed E-state index contributed by atoms with van der Waals surface area (Å²) in [5, 5.41) is 4.47. The van der Waals surface area contributed by atoms with Crippen LogP contribution in [0.5, 0.6) is 0 Å². The van der Waals surface area contributed by atoms with Gasteiger partial charge in [-0.3, -0.25) is 0 Å². The summed E-state index contributed by atoms with van der Waals surface area (Å²) in [5.74, 6) is 1.08. The topological polar surface area (TPSA) is 26.5 Å². The van der Waals surface area contributed by atoms with Gasteiger partial charge in [-0.1, -0.05) is 64.7 Å². The third-order valence-electron chi connectivity index (χ3n) is 4.46. The number of hydrogen-bond donors (Lipinski definition) is 0. The van der Waals surface area contributed by atoms with Crippen molar-refractivity contribution in [1.82, 2.24) is 5.32 Å². The molecule has 0 aromatic rings. The standard InChI is InChI=1S/C16H27N2/c1-16(15-17-13-14-18-15)11-9-7-5-3-2-4-6-8-10-12-16/h13-14H,2-12H2,1H3. The van der Waals surface area contributed by atoms with Gasteiger partial charge in [-0.05, 0) is 12.8 Å². The van der Waals surface area contributed by atoms with Crippen LogP contribution < -0.4 is 5.32 Å². The van der Waals surface area contributed by atoms with Crippen molar-refractivity contribution < 1.29 is 0 Å². The monoisotopic (exact) mass is 247 g/mol. The minimum Gasteiger partial charge on any atom is -0.239 e. The zero-order valence-corrected chi connectivity index (χ0v) is 11.8. The van der Waals surface area contributed by atoms with Gasteiger partial charge >= 0.3 is 0 Å². The van der Waals surface area contributed by atoms with E-state index in [1.807, 2.05) is 12.4 Å². The van der Waals surface area contributed by atoms with E-state index in [0.717, 1.165) is 5.84 Å². The van der Waals surface area contributed by atoms with Crippen LogP contribution in [0.15, 0.2) is 17.4 Å². The highest BCUT2D eigenvalue weighted by Gasteiger charge is 2.31. The fraction of sp³-hybridized carbons (Fsp3) is 0.812. The van der Waals surface area contributed by atoms with Gasteiger partial charge in [-0.15, -0.1) is 0 Å². The molecule has 0 unspecified atom stereocenters. The quantitative estimate of drug-likeness (QED) is 0.637. The van der Waals surface area contributed by atoms with Crippen LogP contribution in [-0.4, -0.2) is 5.84 Å². The minimum absolute atomic E-state index is 0.225. The Morgan fingerprint density at radius 1 is 0.778 bits per heavy atom. The molecule has 0 saturated heterocycles. The van der Waals surface area contributed by atoms with E-state index >= 15 is 0 Å². The molecule has 0 aromatic heterocycles. The van der Waals surface area contributed by atoms with Crippen molar-refractivity contribution >= 4 is 5.84 Å². The second-order valence-corrected chi connectivity index (χ2v) is 6.12. The molecule has 2 nitrogen and oxygen atoms in total. The van der Waals surface area contributed by atoms with E-state index in [9.17, 15) is 0 Å². The Morgan fingerprint density at radius 2 is 1.28 bits per heavy atom. The second kappa shape index (κ2) is 6.96. The summed E-state index contributed by atoms with van der Waals surface area (Å²) in [6, 6.07) is 0. The first-order valence-electron chi connectivity index (χ1n) is 7.75. The van der Waals surface area contributed by atoms with Crippen molar-refractivity contribution in [2.24, 2.45) is 10.4 Å². The predicted molar refractivity (Wildman–Crippen MR) is 77.6 cm³/mol. The zero-order valence-electron chi connectivity index (χ0n) is 11.8. The van der Waals surface area contributed by atoms with E-state index in [4.69, 9.17) is 0 Å². The lowest BCUT2D eigenvalue weighted by atomic mass is 9.78. The predicted octanol–water partition coefficient (Wildman–Crippen LogP) is 4.79. The molecule has 0 spiro atoms. The average molecular weight is 247 g/mol. The van der Waals surface area contributed by atoms with Crippen LogP contribution in [-0.2, 0) is 0 Å². The highest BCUT2D eigenvalue weighted by molar-refractivity contribution is 5.90. The maximum atomic E-state index is 4.47. The number of aliphatic imine (C=N–C) groups is 1. The summed E-state index contributed by atoms with van der Waals surface area (Å²) in [5.41, 5.74) is 0.225. The zero-order chi connectivity index (χ0) is 12.7. The molecule has 101 valence electrons. The van der Waals surface area contributed by atoms with Gasteiger partial charge in [0.25, 0.3) is 0 Å². The normalized spacial score (nSPS) is 25.7. The lowest BCUT2D eigenvalue weighted by Gasteiger charge is -2.29. The first-order chi connectivity index (χ1) is 8.81. The van der Waals surface area contributed by atoms with Crippen LogP contribution in [0.4, 0.5) is 0 Å². The molecule has 18 heavy (non-hydrogen) atoms. The van der Waals surface area contributed by atoms with Crippen molar-refractivity contribution in [2.75, 3.05) is 0 Å². The molecular formula is C16H27N2. The molecule has 0 atom stereocenters. The van der Waals surface area contributed by atoms with Gasteiger partial charge in [0.1, 0.15) is 5.84 Å². The maximum absolute atomic E-state index is 4.47. The molecule has 1 fully saturated rings. The molecular weight excluding hydrogens is 220 g/mol. The SMILES string of the molecule is CC1(C2=NC=C[N]2)CCCCCCCCCCC1. The average Bonchev–Trinajstić information content (AvgIpc) is 2.88. The summed E-state index contributed by atoms with van der Waals surface area (Å²) in [4.78, 5) is 4.47. The van der Waals surface area contributed by atoms with Gasteiger partial charge in [0.15, 0.2) is 0 Å². The van der Waals surface area contributed by atoms with E-state index < -0.39 is 0 Å². The van der Waals surface area contributed by atoms with E-state index in [0.29, 0.717) is 0 Å². The highest BCUT2D eigenvalue weighted by Crippen LogP contribution is 2.34. The molecule has 1 radical (unpaired) electrons. The van der Waals surface area contributed by atoms with Gasteiger partial charge in [-0.2, -0.15) is 0 Å². The van der Waals surface area contributed by atoms with Gasteiger partial charge in [-0.25, -0.2) is 10.3 Å². The van der Waals surface area contributed by atoms with Gasteiger partial charge in [0.05, 0.1) is 0 Å². The van der Waals surface area contributed by atoms with Crippen LogP contribution in [0, 0.1) is 5.41 Å². The summed E-state index contributed by atoms with van der Waals surface area (Å²) >= 11 is 0. The first kappa shape index (κ1) is 13.6. The van der Waals surface area contributed by atoms with Crippen molar-refractivity contribution in [3.05, 3.63) is 12.4 Å². The Labute approximate surface area is 112 Å². The summed E-state index contributed by atoms with van der Waals surface area (Å²) in [7, 11) is 0. The Bertz CT molecular complexity index is 292. The maximum Gasteiger partial charge on any atom is 0.134 e. The van der Waals surface area contributed by atoms with Crippen molar-refractivity contribution in [3.8, 4) is 0 Å². The lowest BCUT2D eigenvalue weighted by Crippen LogP contribution is -2.31. The highest BCUT2D eigenvalue weighted by atomic mass is 15.0. The van der Waals surface area contributed by atoms with Crippen LogP contribution in [0.3, 0.4) is 0 Å². The van der Waals surface area contributed by atoms with E-state index in [2.05, 4.69) is 17.2 Å². The number of nitrogens with zero attached hydrogens (tertiary/aromatic N) is 2. The van der Waals surface area contributed by atoms with E-state index in [1.165, 1.54) is 70.6 Å². The van der Waals surface area contributed by atoms with Gasteiger partial charge in [0.2, 0.25) is 0 Å². The molecule has 2 heteroatoms. The fourth-order valence-corrected chi connectivity index (χ4v) is 3.17. The number of rotatable bonds is 1.